The Kier molecular flexibility index (Phi) is 22.6. The van der Waals surface area contributed by atoms with Crippen LogP contribution in [0.2, 0.25) is 0 Å². The summed E-state index contributed by atoms with van der Waals surface area (Å²) >= 11 is 0. The van der Waals surface area contributed by atoms with Crippen LogP contribution in [-0.4, -0.2) is 37.7 Å². The highest BCUT2D eigenvalue weighted by Crippen LogP contribution is 2.33. The summed E-state index contributed by atoms with van der Waals surface area (Å²) in [5.41, 5.74) is 20.7. The van der Waals surface area contributed by atoms with Gasteiger partial charge in [-0.2, -0.15) is 0 Å². The van der Waals surface area contributed by atoms with E-state index in [9.17, 15) is 9.59 Å². The Hall–Kier alpha value is -4.32. The molecule has 3 aromatic carbocycles. The maximum absolute atomic E-state index is 12.3. The number of hydrogen-bond acceptors (Lipinski definition) is 5. The molecule has 48 heavy (non-hydrogen) atoms. The van der Waals surface area contributed by atoms with Gasteiger partial charge < -0.3 is 21.7 Å². The van der Waals surface area contributed by atoms with Crippen LogP contribution in [0.3, 0.4) is 0 Å². The van der Waals surface area contributed by atoms with E-state index in [-0.39, 0.29) is 11.7 Å². The van der Waals surface area contributed by atoms with E-state index in [1.54, 1.807) is 32.1 Å². The third-order valence-electron chi connectivity index (χ3n) is 7.77. The number of nitrogens with one attached hydrogen (secondary N) is 1. The molecule has 3 aromatic rings. The predicted molar refractivity (Wildman–Crippen MR) is 211 cm³/mol. The predicted octanol–water partition coefficient (Wildman–Crippen LogP) is 10.5. The number of amides is 1. The monoisotopic (exact) mass is 657 g/mol. The first-order valence-electron chi connectivity index (χ1n) is 17.6. The summed E-state index contributed by atoms with van der Waals surface area (Å²) in [6.45, 7) is 15.9. The molecule has 0 aromatic heterocycles. The third-order valence-corrected chi connectivity index (χ3v) is 7.77. The molecule has 1 aliphatic carbocycles. The SMILES string of the molecule is CC.CC.CCC(C)=C(C(C)=O)c1cc(-c2ccc(C(=O)N(C)C)cc2)ccc1NC.CCCCc1ccc(N)cc1.NC=C1CCC1. The smallest absolute Gasteiger partial charge is 0.253 e. The Morgan fingerprint density at radius 1 is 0.854 bits per heavy atom. The number of aryl methyl sites for hydroxylation is 1. The van der Waals surface area contributed by atoms with Gasteiger partial charge >= 0.3 is 0 Å². The molecule has 1 fully saturated rings. The van der Waals surface area contributed by atoms with Gasteiger partial charge in [-0.15, -0.1) is 0 Å². The maximum Gasteiger partial charge on any atom is 0.253 e. The number of nitrogen functional groups attached to an aromatic ring is 1. The normalized spacial score (nSPS) is 11.5. The van der Waals surface area contributed by atoms with Crippen molar-refractivity contribution in [1.82, 2.24) is 4.90 Å². The van der Waals surface area contributed by atoms with Crippen molar-refractivity contribution in [1.29, 1.82) is 0 Å². The molecule has 0 radical (unpaired) electrons. The van der Waals surface area contributed by atoms with Crippen molar-refractivity contribution in [3.63, 3.8) is 0 Å². The van der Waals surface area contributed by atoms with E-state index in [4.69, 9.17) is 11.5 Å². The molecule has 0 saturated heterocycles. The highest BCUT2D eigenvalue weighted by atomic mass is 16.2. The second-order valence-corrected chi connectivity index (χ2v) is 11.4. The van der Waals surface area contributed by atoms with E-state index in [2.05, 4.69) is 31.3 Å². The van der Waals surface area contributed by atoms with Crippen LogP contribution in [0.1, 0.15) is 115 Å². The number of hydrogen-bond donors (Lipinski definition) is 3. The van der Waals surface area contributed by atoms with Gasteiger partial charge in [-0.05, 0) is 112 Å². The first kappa shape index (κ1) is 43.7. The van der Waals surface area contributed by atoms with Crippen LogP contribution in [-0.2, 0) is 11.2 Å². The van der Waals surface area contributed by atoms with E-state index >= 15 is 0 Å². The lowest BCUT2D eigenvalue weighted by molar-refractivity contribution is -0.111. The lowest BCUT2D eigenvalue weighted by Gasteiger charge is -2.16. The fraction of sp³-hybridized carbons (Fsp3) is 0.429. The van der Waals surface area contributed by atoms with E-state index in [1.165, 1.54) is 49.7 Å². The zero-order valence-electron chi connectivity index (χ0n) is 31.8. The number of benzene rings is 3. The topological polar surface area (TPSA) is 101 Å². The average Bonchev–Trinajstić information content (AvgIpc) is 3.09. The van der Waals surface area contributed by atoms with Crippen LogP contribution in [0.25, 0.3) is 16.7 Å². The molecule has 5 N–H and O–H groups in total. The zero-order valence-corrected chi connectivity index (χ0v) is 31.8. The van der Waals surface area contributed by atoms with Gasteiger partial charge in [0.05, 0.1) is 0 Å². The molecule has 1 saturated carbocycles. The number of nitrogens with two attached hydrogens (primary N) is 2. The Balaban J connectivity index is 0.000000854. The van der Waals surface area contributed by atoms with E-state index in [1.807, 2.05) is 96.3 Å². The van der Waals surface area contributed by atoms with Crippen molar-refractivity contribution in [2.24, 2.45) is 5.73 Å². The lowest BCUT2D eigenvalue weighted by Crippen LogP contribution is -2.21. The Morgan fingerprint density at radius 2 is 1.42 bits per heavy atom. The fourth-order valence-corrected chi connectivity index (χ4v) is 4.72. The van der Waals surface area contributed by atoms with Crippen LogP contribution < -0.4 is 16.8 Å². The molecule has 6 heteroatoms. The number of carbonyl (C=O) groups is 2. The van der Waals surface area contributed by atoms with Crippen LogP contribution in [0.15, 0.2) is 84.1 Å². The summed E-state index contributed by atoms with van der Waals surface area (Å²) in [5, 5.41) is 3.19. The van der Waals surface area contributed by atoms with Crippen LogP contribution in [0.4, 0.5) is 11.4 Å². The van der Waals surface area contributed by atoms with Gasteiger partial charge in [0.2, 0.25) is 0 Å². The van der Waals surface area contributed by atoms with Gasteiger partial charge in [-0.25, -0.2) is 0 Å². The minimum Gasteiger partial charge on any atom is -0.405 e. The van der Waals surface area contributed by atoms with Crippen LogP contribution in [0.5, 0.6) is 0 Å². The number of nitrogens with zero attached hydrogens (tertiary/aromatic N) is 1. The van der Waals surface area contributed by atoms with E-state index in [0.29, 0.717) is 5.56 Å². The second-order valence-electron chi connectivity index (χ2n) is 11.4. The maximum atomic E-state index is 12.3. The molecule has 0 atom stereocenters. The van der Waals surface area contributed by atoms with Crippen molar-refractivity contribution < 1.29 is 9.59 Å². The summed E-state index contributed by atoms with van der Waals surface area (Å²) in [6, 6.07) is 21.8. The number of allylic oxidation sites excluding steroid dienone is 3. The summed E-state index contributed by atoms with van der Waals surface area (Å²) < 4.78 is 0. The molecule has 0 heterocycles. The quantitative estimate of drug-likeness (QED) is 0.157. The summed E-state index contributed by atoms with van der Waals surface area (Å²) in [4.78, 5) is 26.0. The molecule has 6 nitrogen and oxygen atoms in total. The summed E-state index contributed by atoms with van der Waals surface area (Å²) in [7, 11) is 5.34. The van der Waals surface area contributed by atoms with Gasteiger partial charge in [0.15, 0.2) is 5.78 Å². The molecular weight excluding hydrogens is 592 g/mol. The number of unbranched alkanes of at least 4 members (excludes halogenated alkanes) is 1. The minimum atomic E-state index is -0.0202. The van der Waals surface area contributed by atoms with Gasteiger partial charge in [0.1, 0.15) is 0 Å². The molecule has 1 amide bonds. The number of ketones is 1. The molecule has 0 aliphatic heterocycles. The Labute approximate surface area is 292 Å². The third kappa shape index (κ3) is 14.6. The standard InChI is InChI=1S/C23H28N2O2.C10H15N.C5H9N.2C2H6/c1-7-15(2)22(16(3)26)20-14-19(12-13-21(20)24-4)17-8-10-18(11-9-17)23(27)25(5)6;1-2-3-4-9-5-7-10(11)8-6-9;6-4-5-2-1-3-5;2*1-2/h8-14,24H,7H2,1-6H3;5-8H,2-4,11H2,1H3;4H,1-3,6H2;2*1-2H3. The fourth-order valence-electron chi connectivity index (χ4n) is 4.72. The van der Waals surface area contributed by atoms with Crippen molar-refractivity contribution in [2.75, 3.05) is 32.2 Å². The van der Waals surface area contributed by atoms with Gasteiger partial charge in [0.25, 0.3) is 5.91 Å². The highest BCUT2D eigenvalue weighted by molar-refractivity contribution is 6.22. The first-order valence-corrected chi connectivity index (χ1v) is 17.6. The number of carbonyl (C=O) groups excluding carboxylic acids is 2. The van der Waals surface area contributed by atoms with Crippen LogP contribution in [0, 0.1) is 0 Å². The molecule has 264 valence electrons. The molecular formula is C42H64N4O2. The van der Waals surface area contributed by atoms with Crippen molar-refractivity contribution in [3.8, 4) is 11.1 Å². The van der Waals surface area contributed by atoms with Gasteiger partial charge in [0, 0.05) is 49.2 Å². The van der Waals surface area contributed by atoms with Crippen molar-refractivity contribution in [3.05, 3.63) is 101 Å². The first-order chi connectivity index (χ1) is 23.1. The molecule has 4 rings (SSSR count). The average molecular weight is 657 g/mol. The van der Waals surface area contributed by atoms with E-state index < -0.39 is 0 Å². The molecule has 0 unspecified atom stereocenters. The highest BCUT2D eigenvalue weighted by Gasteiger charge is 2.16. The molecule has 0 bridgehead atoms. The Bertz CT molecular complexity index is 1410. The second kappa shape index (κ2) is 24.8. The van der Waals surface area contributed by atoms with Gasteiger partial charge in [-0.1, -0.05) is 89.4 Å². The summed E-state index contributed by atoms with van der Waals surface area (Å²) in [6.07, 6.45) is 10.1. The molecule has 1 aliphatic rings. The lowest BCUT2D eigenvalue weighted by atomic mass is 9.91. The van der Waals surface area contributed by atoms with Crippen molar-refractivity contribution >= 4 is 28.6 Å². The minimum absolute atomic E-state index is 0.0202. The summed E-state index contributed by atoms with van der Waals surface area (Å²) in [5.74, 6) is 0.0445. The van der Waals surface area contributed by atoms with Gasteiger partial charge in [-0.3, -0.25) is 9.59 Å². The van der Waals surface area contributed by atoms with E-state index in [0.717, 1.165) is 45.6 Å². The number of anilines is 2. The van der Waals surface area contributed by atoms with Crippen molar-refractivity contribution in [2.45, 2.75) is 100 Å². The van der Waals surface area contributed by atoms with Crippen LogP contribution >= 0.6 is 0 Å². The number of Topliss-reactive ketones (excluding diaryl/α,β-unsaturated/α-hetero) is 1. The molecule has 0 spiro atoms. The Morgan fingerprint density at radius 3 is 1.81 bits per heavy atom. The largest absolute Gasteiger partial charge is 0.405 e. The zero-order chi connectivity index (χ0) is 36.6. The number of rotatable bonds is 9.